The lowest BCUT2D eigenvalue weighted by Gasteiger charge is -2.07. The zero-order valence-corrected chi connectivity index (χ0v) is 11.9. The summed E-state index contributed by atoms with van der Waals surface area (Å²) in [6, 6.07) is 12.5. The highest BCUT2D eigenvalue weighted by Gasteiger charge is 2.14. The van der Waals surface area contributed by atoms with Gasteiger partial charge in [0.15, 0.2) is 0 Å². The van der Waals surface area contributed by atoms with Gasteiger partial charge in [-0.3, -0.25) is 10.1 Å². The second-order valence-electron chi connectivity index (χ2n) is 4.13. The van der Waals surface area contributed by atoms with E-state index >= 15 is 0 Å². The van der Waals surface area contributed by atoms with Gasteiger partial charge in [0.2, 0.25) is 0 Å². The SMILES string of the molecule is Cc1ccc(OCc2ccc(Br)cc2[N+](=O)[O-])cc1. The summed E-state index contributed by atoms with van der Waals surface area (Å²) >= 11 is 3.22. The van der Waals surface area contributed by atoms with E-state index < -0.39 is 4.92 Å². The van der Waals surface area contributed by atoms with Crippen molar-refractivity contribution in [1.29, 1.82) is 0 Å². The van der Waals surface area contributed by atoms with Crippen molar-refractivity contribution in [3.8, 4) is 5.75 Å². The highest BCUT2D eigenvalue weighted by atomic mass is 79.9. The summed E-state index contributed by atoms with van der Waals surface area (Å²) in [6.45, 7) is 2.16. The normalized spacial score (nSPS) is 10.2. The third kappa shape index (κ3) is 3.54. The monoisotopic (exact) mass is 321 g/mol. The molecule has 0 fully saturated rings. The minimum absolute atomic E-state index is 0.0569. The van der Waals surface area contributed by atoms with Crippen LogP contribution in [0, 0.1) is 17.0 Å². The van der Waals surface area contributed by atoms with E-state index in [-0.39, 0.29) is 12.3 Å². The Hall–Kier alpha value is -1.88. The molecule has 0 unspecified atom stereocenters. The molecule has 0 aliphatic carbocycles. The quantitative estimate of drug-likeness (QED) is 0.625. The smallest absolute Gasteiger partial charge is 0.277 e. The molecular formula is C14H12BrNO3. The first kappa shape index (κ1) is 13.5. The second kappa shape index (κ2) is 5.84. The van der Waals surface area contributed by atoms with Gasteiger partial charge in [-0.05, 0) is 31.2 Å². The van der Waals surface area contributed by atoms with Gasteiger partial charge in [-0.1, -0.05) is 33.6 Å². The second-order valence-corrected chi connectivity index (χ2v) is 5.05. The molecule has 19 heavy (non-hydrogen) atoms. The number of nitrogens with zero attached hydrogens (tertiary/aromatic N) is 1. The molecule has 0 saturated carbocycles. The summed E-state index contributed by atoms with van der Waals surface area (Å²) in [5.74, 6) is 0.697. The predicted octanol–water partition coefficient (Wildman–Crippen LogP) is 4.24. The number of hydrogen-bond acceptors (Lipinski definition) is 3. The van der Waals surface area contributed by atoms with Gasteiger partial charge in [0.05, 0.1) is 10.5 Å². The van der Waals surface area contributed by atoms with E-state index in [2.05, 4.69) is 15.9 Å². The highest BCUT2D eigenvalue weighted by molar-refractivity contribution is 9.10. The maximum atomic E-state index is 11.0. The molecule has 2 aromatic carbocycles. The zero-order valence-electron chi connectivity index (χ0n) is 10.3. The lowest BCUT2D eigenvalue weighted by atomic mass is 10.2. The molecule has 0 aromatic heterocycles. The van der Waals surface area contributed by atoms with Crippen LogP contribution in [0.4, 0.5) is 5.69 Å². The third-order valence-electron chi connectivity index (χ3n) is 2.66. The number of rotatable bonds is 4. The van der Waals surface area contributed by atoms with Crippen molar-refractivity contribution < 1.29 is 9.66 Å². The number of nitro groups is 1. The van der Waals surface area contributed by atoms with Crippen LogP contribution in [0.3, 0.4) is 0 Å². The molecule has 0 N–H and O–H groups in total. The van der Waals surface area contributed by atoms with Crippen molar-refractivity contribution in [2.75, 3.05) is 0 Å². The van der Waals surface area contributed by atoms with Crippen LogP contribution in [0.5, 0.6) is 5.75 Å². The largest absolute Gasteiger partial charge is 0.489 e. The summed E-state index contributed by atoms with van der Waals surface area (Å²) in [5, 5.41) is 11.0. The van der Waals surface area contributed by atoms with Crippen LogP contribution in [0.2, 0.25) is 0 Å². The van der Waals surface area contributed by atoms with Crippen molar-refractivity contribution >= 4 is 21.6 Å². The summed E-state index contributed by atoms with van der Waals surface area (Å²) in [7, 11) is 0. The Morgan fingerprint density at radius 3 is 2.53 bits per heavy atom. The predicted molar refractivity (Wildman–Crippen MR) is 76.3 cm³/mol. The Labute approximate surface area is 119 Å². The van der Waals surface area contributed by atoms with Gasteiger partial charge in [-0.15, -0.1) is 0 Å². The number of benzene rings is 2. The van der Waals surface area contributed by atoms with E-state index in [1.807, 2.05) is 31.2 Å². The molecule has 5 heteroatoms. The van der Waals surface area contributed by atoms with Gasteiger partial charge in [0, 0.05) is 10.5 Å². The molecule has 0 aliphatic rings. The Kier molecular flexibility index (Phi) is 4.16. The number of nitro benzene ring substituents is 1. The molecule has 0 spiro atoms. The molecule has 0 saturated heterocycles. The average molecular weight is 322 g/mol. The fourth-order valence-corrected chi connectivity index (χ4v) is 1.97. The van der Waals surface area contributed by atoms with E-state index in [1.54, 1.807) is 12.1 Å². The van der Waals surface area contributed by atoms with Crippen LogP contribution in [0.1, 0.15) is 11.1 Å². The first-order valence-electron chi connectivity index (χ1n) is 5.68. The van der Waals surface area contributed by atoms with Crippen LogP contribution in [-0.4, -0.2) is 4.92 Å². The van der Waals surface area contributed by atoms with E-state index in [0.717, 1.165) is 5.56 Å². The minimum atomic E-state index is -0.404. The Morgan fingerprint density at radius 1 is 1.21 bits per heavy atom. The Balaban J connectivity index is 2.15. The molecule has 98 valence electrons. The topological polar surface area (TPSA) is 52.4 Å². The summed E-state index contributed by atoms with van der Waals surface area (Å²) in [4.78, 5) is 10.6. The molecule has 4 nitrogen and oxygen atoms in total. The van der Waals surface area contributed by atoms with Crippen molar-refractivity contribution in [1.82, 2.24) is 0 Å². The molecule has 2 rings (SSSR count). The van der Waals surface area contributed by atoms with Gasteiger partial charge in [-0.25, -0.2) is 0 Å². The maximum absolute atomic E-state index is 11.0. The Morgan fingerprint density at radius 2 is 1.89 bits per heavy atom. The lowest BCUT2D eigenvalue weighted by Crippen LogP contribution is -2.00. The van der Waals surface area contributed by atoms with Crippen LogP contribution < -0.4 is 4.74 Å². The highest BCUT2D eigenvalue weighted by Crippen LogP contribution is 2.25. The molecule has 0 amide bonds. The standard InChI is InChI=1S/C14H12BrNO3/c1-10-2-6-13(7-3-10)19-9-11-4-5-12(15)8-14(11)16(17)18/h2-8H,9H2,1H3. The number of aryl methyl sites for hydroxylation is 1. The first-order valence-corrected chi connectivity index (χ1v) is 6.48. The van der Waals surface area contributed by atoms with Gasteiger partial charge in [0.1, 0.15) is 12.4 Å². The fraction of sp³-hybridized carbons (Fsp3) is 0.143. The molecule has 0 aliphatic heterocycles. The number of halogens is 1. The van der Waals surface area contributed by atoms with Crippen molar-refractivity contribution in [2.24, 2.45) is 0 Å². The molecular weight excluding hydrogens is 310 g/mol. The van der Waals surface area contributed by atoms with Crippen LogP contribution in [-0.2, 0) is 6.61 Å². The van der Waals surface area contributed by atoms with Gasteiger partial charge in [0.25, 0.3) is 5.69 Å². The van der Waals surface area contributed by atoms with E-state index in [9.17, 15) is 10.1 Å². The lowest BCUT2D eigenvalue weighted by molar-refractivity contribution is -0.385. The maximum Gasteiger partial charge on any atom is 0.277 e. The molecule has 0 heterocycles. The van der Waals surface area contributed by atoms with Crippen LogP contribution in [0.25, 0.3) is 0 Å². The van der Waals surface area contributed by atoms with E-state index in [0.29, 0.717) is 15.8 Å². The number of hydrogen-bond donors (Lipinski definition) is 0. The van der Waals surface area contributed by atoms with Crippen molar-refractivity contribution in [3.63, 3.8) is 0 Å². The molecule has 0 radical (unpaired) electrons. The van der Waals surface area contributed by atoms with Crippen molar-refractivity contribution in [2.45, 2.75) is 13.5 Å². The first-order chi connectivity index (χ1) is 9.06. The van der Waals surface area contributed by atoms with Gasteiger partial charge >= 0.3 is 0 Å². The fourth-order valence-electron chi connectivity index (χ4n) is 1.62. The van der Waals surface area contributed by atoms with Gasteiger partial charge < -0.3 is 4.74 Å². The minimum Gasteiger partial charge on any atom is -0.489 e. The number of ether oxygens (including phenoxy) is 1. The van der Waals surface area contributed by atoms with Crippen LogP contribution in [0.15, 0.2) is 46.9 Å². The van der Waals surface area contributed by atoms with Gasteiger partial charge in [-0.2, -0.15) is 0 Å². The Bertz CT molecular complexity index is 596. The van der Waals surface area contributed by atoms with Crippen LogP contribution >= 0.6 is 15.9 Å². The average Bonchev–Trinajstić information content (AvgIpc) is 2.39. The summed E-state index contributed by atoms with van der Waals surface area (Å²) < 4.78 is 6.24. The van der Waals surface area contributed by atoms with E-state index in [1.165, 1.54) is 6.07 Å². The third-order valence-corrected chi connectivity index (χ3v) is 3.15. The molecule has 0 atom stereocenters. The summed E-state index contributed by atoms with van der Waals surface area (Å²) in [6.07, 6.45) is 0. The van der Waals surface area contributed by atoms with E-state index in [4.69, 9.17) is 4.74 Å². The molecule has 0 bridgehead atoms. The molecule has 2 aromatic rings. The zero-order chi connectivity index (χ0) is 13.8. The summed E-state index contributed by atoms with van der Waals surface area (Å²) in [5.41, 5.74) is 1.75. The van der Waals surface area contributed by atoms with Crippen molar-refractivity contribution in [3.05, 3.63) is 68.2 Å².